The van der Waals surface area contributed by atoms with Crippen LogP contribution in [0.1, 0.15) is 44.1 Å². The van der Waals surface area contributed by atoms with E-state index in [1.807, 2.05) is 12.1 Å². The average molecular weight is 846 g/mol. The molecule has 1 radical (unpaired) electrons. The van der Waals surface area contributed by atoms with Gasteiger partial charge in [0.05, 0.1) is 16.7 Å². The number of carbonyl (C=O) groups is 1. The molecule has 1 N–H and O–H groups in total. The zero-order valence-corrected chi connectivity index (χ0v) is 27.2. The monoisotopic (exact) mass is 846 g/mol. The van der Waals surface area contributed by atoms with Gasteiger partial charge in [0, 0.05) is 38.2 Å². The van der Waals surface area contributed by atoms with Gasteiger partial charge in [0.15, 0.2) is 0 Å². The van der Waals surface area contributed by atoms with Crippen molar-refractivity contribution in [1.29, 1.82) is 0 Å². The molecule has 1 aliphatic rings. The van der Waals surface area contributed by atoms with Crippen LogP contribution in [0, 0.1) is 12.1 Å². The van der Waals surface area contributed by atoms with E-state index in [-0.39, 0.29) is 42.5 Å². The Kier molecular flexibility index (Phi) is 9.85. The number of rotatable bonds is 4. The minimum absolute atomic E-state index is 0. The molecule has 0 unspecified atom stereocenters. The SMILES string of the molecule is FC(F)(F)c1c[c-]c2c(c1)-c1cc(C(F)(F)F)ccc1[C@]2(c1ccccn1)c1cccc(-c2[c-]cccc2)n1.O=C(O)c1ccccn1.[Ir]. The summed E-state index contributed by atoms with van der Waals surface area (Å²) in [4.78, 5) is 23.1. The van der Waals surface area contributed by atoms with Crippen LogP contribution in [0.3, 0.4) is 0 Å². The first-order valence-electron chi connectivity index (χ1n) is 14.3. The van der Waals surface area contributed by atoms with Gasteiger partial charge in [-0.05, 0) is 47.7 Å². The number of hydrogen-bond acceptors (Lipinski definition) is 4. The number of nitrogens with zero attached hydrogens (tertiary/aromatic N) is 3. The first-order valence-corrected chi connectivity index (χ1v) is 14.3. The van der Waals surface area contributed by atoms with E-state index in [4.69, 9.17) is 10.1 Å². The second-order valence-electron chi connectivity index (χ2n) is 10.6. The Bertz CT molecular complexity index is 2030. The molecule has 5 nitrogen and oxygen atoms in total. The predicted octanol–water partition coefficient (Wildman–Crippen LogP) is 8.92. The smallest absolute Gasteiger partial charge is 0.416 e. The Hall–Kier alpha value is -5.19. The molecule has 49 heavy (non-hydrogen) atoms. The van der Waals surface area contributed by atoms with Crippen molar-refractivity contribution < 1.29 is 56.3 Å². The van der Waals surface area contributed by atoms with E-state index in [1.54, 1.807) is 60.7 Å². The van der Waals surface area contributed by atoms with Crippen molar-refractivity contribution in [3.63, 3.8) is 0 Å². The summed E-state index contributed by atoms with van der Waals surface area (Å²) >= 11 is 0. The summed E-state index contributed by atoms with van der Waals surface area (Å²) < 4.78 is 82.5. The van der Waals surface area contributed by atoms with Gasteiger partial charge in [-0.15, -0.1) is 47.0 Å². The van der Waals surface area contributed by atoms with Gasteiger partial charge in [-0.3, -0.25) is 9.97 Å². The number of alkyl halides is 6. The molecule has 7 rings (SSSR count). The summed E-state index contributed by atoms with van der Waals surface area (Å²) in [7, 11) is 0. The number of aromatic carboxylic acids is 1. The van der Waals surface area contributed by atoms with Crippen molar-refractivity contribution >= 4 is 5.97 Å². The molecule has 0 saturated carbocycles. The van der Waals surface area contributed by atoms with Crippen LogP contribution in [0.15, 0.2) is 122 Å². The fourth-order valence-corrected chi connectivity index (χ4v) is 5.67. The van der Waals surface area contributed by atoms with Crippen molar-refractivity contribution in [1.82, 2.24) is 15.0 Å². The van der Waals surface area contributed by atoms with Crippen molar-refractivity contribution in [3.8, 4) is 22.4 Å². The van der Waals surface area contributed by atoms with Gasteiger partial charge in [0.25, 0.3) is 0 Å². The van der Waals surface area contributed by atoms with E-state index in [0.29, 0.717) is 28.2 Å². The Labute approximate surface area is 289 Å². The zero-order chi connectivity index (χ0) is 34.1. The topological polar surface area (TPSA) is 76.0 Å². The second kappa shape index (κ2) is 13.7. The molecule has 0 bridgehead atoms. The number of hydrogen-bond donors (Lipinski definition) is 1. The minimum Gasteiger partial charge on any atom is -0.477 e. The van der Waals surface area contributed by atoms with Crippen LogP contribution in [0.25, 0.3) is 22.4 Å². The van der Waals surface area contributed by atoms with Gasteiger partial charge >= 0.3 is 18.3 Å². The molecule has 1 atom stereocenters. The van der Waals surface area contributed by atoms with Crippen molar-refractivity contribution in [2.45, 2.75) is 17.8 Å². The molecule has 0 spiro atoms. The third-order valence-electron chi connectivity index (χ3n) is 7.74. The summed E-state index contributed by atoms with van der Waals surface area (Å²) in [6.07, 6.45) is -6.44. The third kappa shape index (κ3) is 6.75. The normalized spacial score (nSPS) is 14.8. The molecule has 1 aliphatic carbocycles. The quantitative estimate of drug-likeness (QED) is 0.142. The summed E-state index contributed by atoms with van der Waals surface area (Å²) in [6, 6.07) is 32.9. The fraction of sp³-hybridized carbons (Fsp3) is 0.0811. The maximum atomic E-state index is 13.8. The molecule has 0 amide bonds. The summed E-state index contributed by atoms with van der Waals surface area (Å²) in [5.74, 6) is -0.990. The van der Waals surface area contributed by atoms with Crippen molar-refractivity contribution in [2.75, 3.05) is 0 Å². The van der Waals surface area contributed by atoms with Crippen LogP contribution < -0.4 is 0 Å². The number of benzene rings is 3. The number of aromatic nitrogens is 3. The van der Waals surface area contributed by atoms with Crippen molar-refractivity contribution in [2.24, 2.45) is 0 Å². The maximum Gasteiger partial charge on any atom is 0.416 e. The van der Waals surface area contributed by atoms with Crippen molar-refractivity contribution in [3.05, 3.63) is 173 Å². The number of carboxylic acids is 1. The van der Waals surface area contributed by atoms with Gasteiger partial charge in [-0.2, -0.15) is 44.5 Å². The first kappa shape index (κ1) is 35.1. The van der Waals surface area contributed by atoms with E-state index in [1.165, 1.54) is 24.5 Å². The number of pyridine rings is 3. The Morgan fingerprint density at radius 3 is 1.96 bits per heavy atom. The first-order chi connectivity index (χ1) is 22.9. The van der Waals surface area contributed by atoms with Gasteiger partial charge in [-0.25, -0.2) is 9.78 Å². The van der Waals surface area contributed by atoms with Crippen LogP contribution in [-0.2, 0) is 37.9 Å². The van der Waals surface area contributed by atoms with E-state index in [9.17, 15) is 31.1 Å². The second-order valence-corrected chi connectivity index (χ2v) is 10.6. The van der Waals surface area contributed by atoms with E-state index >= 15 is 0 Å². The zero-order valence-electron chi connectivity index (χ0n) is 24.8. The molecule has 0 saturated heterocycles. The molecule has 3 aromatic carbocycles. The van der Waals surface area contributed by atoms with Gasteiger partial charge in [0.1, 0.15) is 5.69 Å². The van der Waals surface area contributed by atoms with Crippen LogP contribution >= 0.6 is 0 Å². The van der Waals surface area contributed by atoms with E-state index < -0.39 is 34.9 Å². The average Bonchev–Trinajstić information content (AvgIpc) is 3.39. The van der Waals surface area contributed by atoms with Gasteiger partial charge < -0.3 is 5.11 Å². The Balaban J connectivity index is 0.000000409. The predicted molar refractivity (Wildman–Crippen MR) is 164 cm³/mol. The molecular formula is C37H21F6IrN3O2-2. The molecule has 3 heterocycles. The molecular weight excluding hydrogens is 825 g/mol. The number of carboxylic acid groups (broad SMARTS) is 1. The molecule has 6 aromatic rings. The van der Waals surface area contributed by atoms with Crippen LogP contribution in [0.4, 0.5) is 26.3 Å². The molecule has 0 fully saturated rings. The molecule has 3 aromatic heterocycles. The summed E-state index contributed by atoms with van der Waals surface area (Å²) in [6.45, 7) is 0. The van der Waals surface area contributed by atoms with E-state index in [0.717, 1.165) is 24.3 Å². The van der Waals surface area contributed by atoms with E-state index in [2.05, 4.69) is 22.1 Å². The fourth-order valence-electron chi connectivity index (χ4n) is 5.67. The maximum absolute atomic E-state index is 13.8. The van der Waals surface area contributed by atoms with Gasteiger partial charge in [0.2, 0.25) is 0 Å². The van der Waals surface area contributed by atoms with Crippen LogP contribution in [0.5, 0.6) is 0 Å². The third-order valence-corrected chi connectivity index (χ3v) is 7.74. The van der Waals surface area contributed by atoms with Crippen LogP contribution in [-0.4, -0.2) is 26.0 Å². The summed E-state index contributed by atoms with van der Waals surface area (Å²) in [5, 5.41) is 8.32. The Morgan fingerprint density at radius 1 is 0.694 bits per heavy atom. The Morgan fingerprint density at radius 2 is 1.37 bits per heavy atom. The molecule has 12 heteroatoms. The molecule has 0 aliphatic heterocycles. The number of halogens is 6. The van der Waals surface area contributed by atoms with Gasteiger partial charge in [-0.1, -0.05) is 47.5 Å². The van der Waals surface area contributed by atoms with Crippen LogP contribution in [0.2, 0.25) is 0 Å². The summed E-state index contributed by atoms with van der Waals surface area (Å²) in [5.41, 5.74) is -0.746. The largest absolute Gasteiger partial charge is 0.477 e. The number of fused-ring (bicyclic) bond motifs is 3. The standard InChI is InChI=1S/C31H16F6N2.C6H5NO2.Ir/c32-30(33,34)20-12-14-24-22(17-20)23-18-21(31(35,36)37)13-15-25(23)29(24,27-10-4-5-16-38-27)28-11-6-9-26(39-28)19-7-2-1-3-8-19;8-6(9)5-3-1-2-4-7-5;/h1-7,9-14,16-18H;1-4H,(H,8,9);/q-2;;/t29-;;/m0../s1. The molecule has 249 valence electrons. The minimum atomic E-state index is -4.72.